The lowest BCUT2D eigenvalue weighted by Gasteiger charge is -2.33. The summed E-state index contributed by atoms with van der Waals surface area (Å²) < 4.78 is 0.604. The summed E-state index contributed by atoms with van der Waals surface area (Å²) in [5, 5.41) is 14.2. The molecule has 1 saturated heterocycles. The van der Waals surface area contributed by atoms with E-state index in [2.05, 4.69) is 10.6 Å². The number of carboxylic acid groups (broad SMARTS) is 1. The lowest BCUT2D eigenvalue weighted by molar-refractivity contribution is -0.144. The highest BCUT2D eigenvalue weighted by Gasteiger charge is 2.35. The number of nitrogens with one attached hydrogen (secondary N) is 2. The molecule has 2 heterocycles. The van der Waals surface area contributed by atoms with Gasteiger partial charge >= 0.3 is 12.0 Å². The molecule has 0 bridgehead atoms. The number of nitrogens with zero attached hydrogens (tertiary/aromatic N) is 1. The van der Waals surface area contributed by atoms with Crippen LogP contribution >= 0.6 is 22.9 Å². The van der Waals surface area contributed by atoms with E-state index < -0.39 is 18.0 Å². The summed E-state index contributed by atoms with van der Waals surface area (Å²) in [6.07, 6.45) is 0. The van der Waals surface area contributed by atoms with Gasteiger partial charge in [0.05, 0.1) is 10.4 Å². The number of hydrogen-bond donors (Lipinski definition) is 3. The van der Waals surface area contributed by atoms with Crippen molar-refractivity contribution < 1.29 is 19.5 Å². The SMILES string of the molecule is CC(NC(=O)N1CC(=O)NCC1C(=O)O)c1ccc(Cl)s1. The summed E-state index contributed by atoms with van der Waals surface area (Å²) in [6, 6.07) is 1.53. The molecule has 9 heteroatoms. The van der Waals surface area contributed by atoms with E-state index in [0.717, 1.165) is 9.78 Å². The first-order chi connectivity index (χ1) is 9.88. The number of hydrogen-bond acceptors (Lipinski definition) is 4. The summed E-state index contributed by atoms with van der Waals surface area (Å²) in [5.74, 6) is -1.54. The number of halogens is 1. The smallest absolute Gasteiger partial charge is 0.328 e. The Hall–Kier alpha value is -1.80. The fourth-order valence-electron chi connectivity index (χ4n) is 1.98. The third kappa shape index (κ3) is 3.64. The van der Waals surface area contributed by atoms with Crippen LogP contribution in [0.4, 0.5) is 4.79 Å². The fourth-order valence-corrected chi connectivity index (χ4v) is 3.04. The molecule has 3 N–H and O–H groups in total. The third-order valence-corrected chi connectivity index (χ3v) is 4.50. The molecule has 0 spiro atoms. The number of thiophene rings is 1. The molecule has 7 nitrogen and oxygen atoms in total. The van der Waals surface area contributed by atoms with Crippen LogP contribution in [-0.4, -0.2) is 47.0 Å². The van der Waals surface area contributed by atoms with Gasteiger partial charge in [-0.3, -0.25) is 9.69 Å². The molecular formula is C12H14ClN3O4S. The molecule has 114 valence electrons. The Bertz CT molecular complexity index is 577. The third-order valence-electron chi connectivity index (χ3n) is 3.09. The predicted molar refractivity (Wildman–Crippen MR) is 77.4 cm³/mol. The molecule has 0 saturated carbocycles. The van der Waals surface area contributed by atoms with Gasteiger partial charge in [0.2, 0.25) is 5.91 Å². The molecule has 1 aliphatic heterocycles. The molecule has 0 aliphatic carbocycles. The Morgan fingerprint density at radius 1 is 1.57 bits per heavy atom. The number of urea groups is 1. The lowest BCUT2D eigenvalue weighted by atomic mass is 10.2. The fraction of sp³-hybridized carbons (Fsp3) is 0.417. The first-order valence-corrected chi connectivity index (χ1v) is 7.40. The maximum atomic E-state index is 12.2. The molecule has 2 rings (SSSR count). The number of carboxylic acids is 1. The number of carbonyl (C=O) groups excluding carboxylic acids is 2. The van der Waals surface area contributed by atoms with Gasteiger partial charge in [0.15, 0.2) is 0 Å². The van der Waals surface area contributed by atoms with E-state index in [1.807, 2.05) is 0 Å². The van der Waals surface area contributed by atoms with Crippen molar-refractivity contribution in [2.24, 2.45) is 0 Å². The Labute approximate surface area is 129 Å². The second-order valence-electron chi connectivity index (χ2n) is 4.60. The Morgan fingerprint density at radius 3 is 2.86 bits per heavy atom. The minimum absolute atomic E-state index is 0.0964. The van der Waals surface area contributed by atoms with Crippen molar-refractivity contribution in [1.82, 2.24) is 15.5 Å². The normalized spacial score (nSPS) is 19.8. The second kappa shape index (κ2) is 6.31. The number of carbonyl (C=O) groups is 3. The highest BCUT2D eigenvalue weighted by molar-refractivity contribution is 7.16. The average molecular weight is 332 g/mol. The Balaban J connectivity index is 2.06. The molecule has 1 aliphatic rings. The van der Waals surface area contributed by atoms with Crippen LogP contribution in [-0.2, 0) is 9.59 Å². The van der Waals surface area contributed by atoms with Gasteiger partial charge in [-0.1, -0.05) is 11.6 Å². The summed E-state index contributed by atoms with van der Waals surface area (Å²) in [4.78, 5) is 36.6. The van der Waals surface area contributed by atoms with Crippen molar-refractivity contribution in [3.8, 4) is 0 Å². The zero-order chi connectivity index (χ0) is 15.6. The number of aliphatic carboxylic acids is 1. The van der Waals surface area contributed by atoms with Crippen molar-refractivity contribution in [3.63, 3.8) is 0 Å². The molecule has 2 atom stereocenters. The summed E-state index contributed by atoms with van der Waals surface area (Å²) >= 11 is 7.17. The van der Waals surface area contributed by atoms with Gasteiger partial charge in [0.1, 0.15) is 12.6 Å². The van der Waals surface area contributed by atoms with Crippen LogP contribution in [0.2, 0.25) is 4.34 Å². The van der Waals surface area contributed by atoms with Gasteiger partial charge in [-0.05, 0) is 19.1 Å². The standard InChI is InChI=1S/C12H14ClN3O4S/c1-6(8-2-3-9(13)21-8)15-12(20)16-5-10(17)14-4-7(16)11(18)19/h2-3,6-7H,4-5H2,1H3,(H,14,17)(H,15,20)(H,18,19). The van der Waals surface area contributed by atoms with Crippen LogP contribution in [0.3, 0.4) is 0 Å². The van der Waals surface area contributed by atoms with Crippen molar-refractivity contribution in [1.29, 1.82) is 0 Å². The summed E-state index contributed by atoms with van der Waals surface area (Å²) in [6.45, 7) is 1.39. The topological polar surface area (TPSA) is 98.7 Å². The maximum absolute atomic E-state index is 12.2. The van der Waals surface area contributed by atoms with Crippen LogP contribution in [0, 0.1) is 0 Å². The highest BCUT2D eigenvalue weighted by Crippen LogP contribution is 2.26. The van der Waals surface area contributed by atoms with Crippen LogP contribution < -0.4 is 10.6 Å². The minimum Gasteiger partial charge on any atom is -0.480 e. The van der Waals surface area contributed by atoms with Crippen LogP contribution in [0.5, 0.6) is 0 Å². The number of amides is 3. The van der Waals surface area contributed by atoms with Crippen LogP contribution in [0.25, 0.3) is 0 Å². The van der Waals surface area contributed by atoms with Gasteiger partial charge in [-0.25, -0.2) is 9.59 Å². The van der Waals surface area contributed by atoms with Gasteiger partial charge in [-0.2, -0.15) is 0 Å². The van der Waals surface area contributed by atoms with Gasteiger partial charge in [0.25, 0.3) is 0 Å². The van der Waals surface area contributed by atoms with Crippen molar-refractivity contribution in [2.75, 3.05) is 13.1 Å². The van der Waals surface area contributed by atoms with Gasteiger partial charge in [-0.15, -0.1) is 11.3 Å². The van der Waals surface area contributed by atoms with Crippen LogP contribution in [0.15, 0.2) is 12.1 Å². The lowest BCUT2D eigenvalue weighted by Crippen LogP contribution is -2.61. The Kier molecular flexibility index (Phi) is 4.69. The zero-order valence-electron chi connectivity index (χ0n) is 11.1. The van der Waals surface area contributed by atoms with E-state index in [9.17, 15) is 14.4 Å². The molecule has 1 aromatic heterocycles. The van der Waals surface area contributed by atoms with E-state index in [1.165, 1.54) is 11.3 Å². The van der Waals surface area contributed by atoms with E-state index in [4.69, 9.17) is 16.7 Å². The summed E-state index contributed by atoms with van der Waals surface area (Å²) in [5.41, 5.74) is 0. The monoisotopic (exact) mass is 331 g/mol. The molecule has 21 heavy (non-hydrogen) atoms. The van der Waals surface area contributed by atoms with Gasteiger partial charge < -0.3 is 15.7 Å². The van der Waals surface area contributed by atoms with E-state index in [0.29, 0.717) is 4.34 Å². The van der Waals surface area contributed by atoms with E-state index >= 15 is 0 Å². The molecule has 1 fully saturated rings. The second-order valence-corrected chi connectivity index (χ2v) is 6.35. The molecule has 1 aromatic rings. The molecule has 0 radical (unpaired) electrons. The number of rotatable bonds is 3. The quantitative estimate of drug-likeness (QED) is 0.771. The van der Waals surface area contributed by atoms with Crippen molar-refractivity contribution in [3.05, 3.63) is 21.3 Å². The zero-order valence-corrected chi connectivity index (χ0v) is 12.7. The van der Waals surface area contributed by atoms with E-state index in [1.54, 1.807) is 19.1 Å². The summed E-state index contributed by atoms with van der Waals surface area (Å²) in [7, 11) is 0. The minimum atomic E-state index is -1.16. The highest BCUT2D eigenvalue weighted by atomic mass is 35.5. The van der Waals surface area contributed by atoms with Crippen LogP contribution in [0.1, 0.15) is 17.8 Å². The van der Waals surface area contributed by atoms with E-state index in [-0.39, 0.29) is 25.0 Å². The molecule has 2 unspecified atom stereocenters. The predicted octanol–water partition coefficient (Wildman–Crippen LogP) is 1.06. The number of piperazine rings is 1. The van der Waals surface area contributed by atoms with Gasteiger partial charge in [0, 0.05) is 11.4 Å². The largest absolute Gasteiger partial charge is 0.480 e. The molecule has 0 aromatic carbocycles. The average Bonchev–Trinajstić information content (AvgIpc) is 2.85. The van der Waals surface area contributed by atoms with Crippen molar-refractivity contribution in [2.45, 2.75) is 19.0 Å². The van der Waals surface area contributed by atoms with Crippen molar-refractivity contribution >= 4 is 40.8 Å². The first-order valence-electron chi connectivity index (χ1n) is 6.20. The first kappa shape index (κ1) is 15.6. The molecule has 3 amide bonds. The maximum Gasteiger partial charge on any atom is 0.328 e. The Morgan fingerprint density at radius 2 is 2.29 bits per heavy atom. The molecular weight excluding hydrogens is 318 g/mol.